The summed E-state index contributed by atoms with van der Waals surface area (Å²) in [7, 11) is 0. The minimum atomic E-state index is -1.56. The maximum absolute atomic E-state index is 12.9. The SMILES string of the molecule is CCCCCCCC/C=C/CCCCCCCCCCCC(=O)N[C@@H](CO[C@H]1O[C@@H](CO)[C@H](O)C(O)C1O)[C@H](O)/C=C/CCCCCCCCCCC. The lowest BCUT2D eigenvalue weighted by atomic mass is 9.99. The Bertz CT molecular complexity index is 883. The van der Waals surface area contributed by atoms with Crippen molar-refractivity contribution in [3.63, 3.8) is 0 Å². The third-order valence-corrected chi connectivity index (χ3v) is 10.5. The Hall–Kier alpha value is -1.33. The van der Waals surface area contributed by atoms with E-state index < -0.39 is 49.5 Å². The molecule has 0 bridgehead atoms. The Morgan fingerprint density at radius 3 is 1.53 bits per heavy atom. The summed E-state index contributed by atoms with van der Waals surface area (Å²) in [5.41, 5.74) is 0. The maximum Gasteiger partial charge on any atom is 0.220 e. The minimum Gasteiger partial charge on any atom is -0.394 e. The van der Waals surface area contributed by atoms with Gasteiger partial charge in [-0.1, -0.05) is 167 Å². The molecule has 312 valence electrons. The molecule has 53 heavy (non-hydrogen) atoms. The molecule has 0 radical (unpaired) electrons. The lowest BCUT2D eigenvalue weighted by molar-refractivity contribution is -0.302. The molecule has 1 aliphatic rings. The lowest BCUT2D eigenvalue weighted by Gasteiger charge is -2.40. The van der Waals surface area contributed by atoms with Crippen LogP contribution in [0.1, 0.15) is 194 Å². The molecule has 7 atom stereocenters. The molecule has 1 heterocycles. The van der Waals surface area contributed by atoms with Crippen molar-refractivity contribution >= 4 is 5.91 Å². The standard InChI is InChI=1S/C44H83NO8/c1-3-5-7-9-11-13-15-16-17-18-19-20-21-22-24-26-28-30-32-34-40(48)45-37(36-52-44-43(51)42(50)41(49)39(35-46)53-44)38(47)33-31-29-27-25-23-14-12-10-8-6-4-2/h16-17,31,33,37-39,41-44,46-47,49-51H,3-15,18-30,32,34-36H2,1-2H3,(H,45,48)/b17-16+,33-31+/t37-,38+,39-,41-,42?,43?,44-/m0/s1. The quantitative estimate of drug-likeness (QED) is 0.0275. The first kappa shape index (κ1) is 49.7. The normalized spacial score (nSPS) is 21.8. The number of aliphatic hydroxyl groups is 5. The number of carbonyl (C=O) groups is 1. The van der Waals surface area contributed by atoms with Crippen LogP contribution in [0, 0.1) is 0 Å². The fraction of sp³-hybridized carbons (Fsp3) is 0.886. The number of allylic oxidation sites excluding steroid dienone is 3. The molecule has 9 heteroatoms. The van der Waals surface area contributed by atoms with Gasteiger partial charge in [-0.05, 0) is 44.9 Å². The number of hydrogen-bond donors (Lipinski definition) is 6. The summed E-state index contributed by atoms with van der Waals surface area (Å²) in [6.45, 7) is 3.75. The van der Waals surface area contributed by atoms with Crippen molar-refractivity contribution < 1.29 is 39.8 Å². The van der Waals surface area contributed by atoms with E-state index in [9.17, 15) is 30.3 Å². The van der Waals surface area contributed by atoms with E-state index >= 15 is 0 Å². The molecule has 0 aromatic heterocycles. The average Bonchev–Trinajstić information content (AvgIpc) is 3.16. The number of aliphatic hydroxyl groups excluding tert-OH is 5. The van der Waals surface area contributed by atoms with Crippen LogP contribution in [0.3, 0.4) is 0 Å². The smallest absolute Gasteiger partial charge is 0.220 e. The van der Waals surface area contributed by atoms with Crippen molar-refractivity contribution in [3.8, 4) is 0 Å². The van der Waals surface area contributed by atoms with E-state index in [1.165, 1.54) is 135 Å². The summed E-state index contributed by atoms with van der Waals surface area (Å²) in [5, 5.41) is 54.0. The predicted octanol–water partition coefficient (Wildman–Crippen LogP) is 8.72. The summed E-state index contributed by atoms with van der Waals surface area (Å²) < 4.78 is 11.2. The molecule has 0 saturated carbocycles. The Morgan fingerprint density at radius 1 is 0.623 bits per heavy atom. The highest BCUT2D eigenvalue weighted by Crippen LogP contribution is 2.22. The van der Waals surface area contributed by atoms with Crippen molar-refractivity contribution in [1.29, 1.82) is 0 Å². The zero-order valence-electron chi connectivity index (χ0n) is 34.0. The molecule has 1 aliphatic heterocycles. The number of amides is 1. The van der Waals surface area contributed by atoms with Gasteiger partial charge in [0.25, 0.3) is 0 Å². The zero-order chi connectivity index (χ0) is 38.8. The van der Waals surface area contributed by atoms with Gasteiger partial charge in [0.1, 0.15) is 24.4 Å². The summed E-state index contributed by atoms with van der Waals surface area (Å²) in [5.74, 6) is -0.181. The van der Waals surface area contributed by atoms with Crippen molar-refractivity contribution in [1.82, 2.24) is 5.32 Å². The van der Waals surface area contributed by atoms with E-state index in [0.717, 1.165) is 38.5 Å². The van der Waals surface area contributed by atoms with E-state index in [4.69, 9.17) is 9.47 Å². The van der Waals surface area contributed by atoms with Crippen LogP contribution in [0.2, 0.25) is 0 Å². The van der Waals surface area contributed by atoms with Gasteiger partial charge >= 0.3 is 0 Å². The molecule has 2 unspecified atom stereocenters. The van der Waals surface area contributed by atoms with Crippen molar-refractivity contribution in [2.75, 3.05) is 13.2 Å². The molecule has 0 aromatic rings. The summed E-state index contributed by atoms with van der Waals surface area (Å²) in [6, 6.07) is -0.801. The van der Waals surface area contributed by atoms with Gasteiger partial charge in [0.2, 0.25) is 5.91 Å². The Balaban J connectivity index is 2.34. The van der Waals surface area contributed by atoms with Crippen LogP contribution in [-0.4, -0.2) is 87.5 Å². The number of carbonyl (C=O) groups excluding carboxylic acids is 1. The first-order valence-electron chi connectivity index (χ1n) is 22.1. The second-order valence-electron chi connectivity index (χ2n) is 15.5. The zero-order valence-corrected chi connectivity index (χ0v) is 34.0. The molecule has 0 aliphatic carbocycles. The minimum absolute atomic E-state index is 0.181. The van der Waals surface area contributed by atoms with Crippen LogP contribution < -0.4 is 5.32 Å². The molecule has 1 saturated heterocycles. The van der Waals surface area contributed by atoms with Crippen LogP contribution >= 0.6 is 0 Å². The van der Waals surface area contributed by atoms with Crippen LogP contribution in [0.5, 0.6) is 0 Å². The van der Waals surface area contributed by atoms with Crippen LogP contribution in [0.15, 0.2) is 24.3 Å². The Kier molecular flexibility index (Phi) is 32.9. The highest BCUT2D eigenvalue weighted by Gasteiger charge is 2.44. The monoisotopic (exact) mass is 754 g/mol. The molecular formula is C44H83NO8. The molecule has 0 spiro atoms. The maximum atomic E-state index is 12.9. The van der Waals surface area contributed by atoms with E-state index in [1.54, 1.807) is 6.08 Å². The highest BCUT2D eigenvalue weighted by atomic mass is 16.7. The number of hydrogen-bond acceptors (Lipinski definition) is 8. The van der Waals surface area contributed by atoms with E-state index in [1.807, 2.05) is 6.08 Å². The van der Waals surface area contributed by atoms with Gasteiger partial charge in [-0.2, -0.15) is 0 Å². The summed E-state index contributed by atoms with van der Waals surface area (Å²) >= 11 is 0. The van der Waals surface area contributed by atoms with Crippen LogP contribution in [0.25, 0.3) is 0 Å². The average molecular weight is 754 g/mol. The van der Waals surface area contributed by atoms with Gasteiger partial charge in [0.05, 0.1) is 25.4 Å². The van der Waals surface area contributed by atoms with Gasteiger partial charge in [-0.15, -0.1) is 0 Å². The third-order valence-electron chi connectivity index (χ3n) is 10.5. The van der Waals surface area contributed by atoms with E-state index in [0.29, 0.717) is 6.42 Å². The lowest BCUT2D eigenvalue weighted by Crippen LogP contribution is -2.60. The Morgan fingerprint density at radius 2 is 1.06 bits per heavy atom. The summed E-state index contributed by atoms with van der Waals surface area (Å²) in [6.07, 6.45) is 33.6. The highest BCUT2D eigenvalue weighted by molar-refractivity contribution is 5.76. The fourth-order valence-electron chi connectivity index (χ4n) is 6.91. The second-order valence-corrected chi connectivity index (χ2v) is 15.5. The molecule has 9 nitrogen and oxygen atoms in total. The molecule has 1 fully saturated rings. The fourth-order valence-corrected chi connectivity index (χ4v) is 6.91. The molecule has 0 aromatic carbocycles. The molecular weight excluding hydrogens is 670 g/mol. The first-order chi connectivity index (χ1) is 25.8. The number of rotatable bonds is 36. The largest absolute Gasteiger partial charge is 0.394 e. The predicted molar refractivity (Wildman–Crippen MR) is 217 cm³/mol. The van der Waals surface area contributed by atoms with Crippen molar-refractivity contribution in [3.05, 3.63) is 24.3 Å². The van der Waals surface area contributed by atoms with Crippen LogP contribution in [-0.2, 0) is 14.3 Å². The third kappa shape index (κ3) is 26.2. The van der Waals surface area contributed by atoms with Crippen molar-refractivity contribution in [2.45, 2.75) is 236 Å². The topological polar surface area (TPSA) is 149 Å². The first-order valence-corrected chi connectivity index (χ1v) is 22.1. The van der Waals surface area contributed by atoms with Crippen LogP contribution in [0.4, 0.5) is 0 Å². The molecule has 1 amide bonds. The van der Waals surface area contributed by atoms with E-state index in [2.05, 4.69) is 31.3 Å². The van der Waals surface area contributed by atoms with Gasteiger partial charge in [-0.25, -0.2) is 0 Å². The van der Waals surface area contributed by atoms with E-state index in [-0.39, 0.29) is 12.5 Å². The van der Waals surface area contributed by atoms with Crippen molar-refractivity contribution in [2.24, 2.45) is 0 Å². The van der Waals surface area contributed by atoms with Gasteiger partial charge < -0.3 is 40.3 Å². The summed E-state index contributed by atoms with van der Waals surface area (Å²) in [4.78, 5) is 12.9. The number of ether oxygens (including phenoxy) is 2. The molecule has 6 N–H and O–H groups in total. The Labute approximate surface area is 324 Å². The van der Waals surface area contributed by atoms with Gasteiger partial charge in [0, 0.05) is 6.42 Å². The number of nitrogens with one attached hydrogen (secondary N) is 1. The molecule has 1 rings (SSSR count). The number of unbranched alkanes of at least 4 members (excludes halogenated alkanes) is 24. The van der Waals surface area contributed by atoms with Gasteiger partial charge in [-0.3, -0.25) is 4.79 Å². The van der Waals surface area contributed by atoms with Gasteiger partial charge in [0.15, 0.2) is 6.29 Å². The second kappa shape index (κ2) is 35.1.